The van der Waals surface area contributed by atoms with E-state index < -0.39 is 0 Å². The highest BCUT2D eigenvalue weighted by molar-refractivity contribution is 7.17. The molecule has 3 N–H and O–H groups in total. The Labute approximate surface area is 110 Å². The van der Waals surface area contributed by atoms with Crippen LogP contribution in [-0.2, 0) is 11.2 Å². The van der Waals surface area contributed by atoms with Crippen molar-refractivity contribution in [1.82, 2.24) is 10.4 Å². The number of rotatable bonds is 4. The van der Waals surface area contributed by atoms with Crippen LogP contribution in [0.25, 0.3) is 0 Å². The van der Waals surface area contributed by atoms with Crippen molar-refractivity contribution >= 4 is 22.4 Å². The number of ether oxygens (including phenoxy) is 1. The predicted octanol–water partition coefficient (Wildman–Crippen LogP) is 0.536. The Morgan fingerprint density at radius 3 is 2.89 bits per heavy atom. The van der Waals surface area contributed by atoms with Gasteiger partial charge in [-0.3, -0.25) is 10.2 Å². The molecular formula is C11H18N4O2S. The smallest absolute Gasteiger partial charge is 0.277 e. The molecule has 0 aliphatic carbocycles. The fraction of sp³-hybridized carbons (Fsp3) is 0.636. The highest BCUT2D eigenvalue weighted by atomic mass is 32.1. The molecule has 1 aromatic rings. The largest absolute Gasteiger partial charge is 0.378 e. The lowest BCUT2D eigenvalue weighted by molar-refractivity contribution is 0.0956. The molecule has 2 heterocycles. The van der Waals surface area contributed by atoms with Crippen molar-refractivity contribution in [2.45, 2.75) is 19.8 Å². The minimum Gasteiger partial charge on any atom is -0.378 e. The van der Waals surface area contributed by atoms with Gasteiger partial charge in [-0.25, -0.2) is 10.8 Å². The predicted molar refractivity (Wildman–Crippen MR) is 70.8 cm³/mol. The zero-order valence-corrected chi connectivity index (χ0v) is 11.3. The molecule has 0 aromatic carbocycles. The summed E-state index contributed by atoms with van der Waals surface area (Å²) in [7, 11) is 0. The first kappa shape index (κ1) is 13.3. The molecule has 0 unspecified atom stereocenters. The van der Waals surface area contributed by atoms with E-state index >= 15 is 0 Å². The number of nitrogens with one attached hydrogen (secondary N) is 1. The number of nitrogen functional groups attached to an aromatic ring is 1. The van der Waals surface area contributed by atoms with E-state index in [0.717, 1.165) is 36.8 Å². The lowest BCUT2D eigenvalue weighted by atomic mass is 10.2. The molecule has 1 aliphatic heterocycles. The van der Waals surface area contributed by atoms with Crippen molar-refractivity contribution in [2.24, 2.45) is 5.84 Å². The topological polar surface area (TPSA) is 80.5 Å². The van der Waals surface area contributed by atoms with Crippen molar-refractivity contribution < 1.29 is 9.53 Å². The number of aryl methyl sites for hydroxylation is 1. The minimum atomic E-state index is -0.254. The molecule has 1 aliphatic rings. The molecule has 0 saturated carbocycles. The first-order valence-corrected chi connectivity index (χ1v) is 6.91. The summed E-state index contributed by atoms with van der Waals surface area (Å²) in [5.74, 6) is 4.95. The van der Waals surface area contributed by atoms with E-state index in [1.54, 1.807) is 0 Å². The number of carbonyl (C=O) groups excluding carboxylic acids is 1. The molecule has 0 spiro atoms. The second-order valence-electron chi connectivity index (χ2n) is 4.10. The van der Waals surface area contributed by atoms with Crippen LogP contribution in [0.5, 0.6) is 0 Å². The Morgan fingerprint density at radius 2 is 2.28 bits per heavy atom. The maximum Gasteiger partial charge on any atom is 0.277 e. The molecule has 18 heavy (non-hydrogen) atoms. The van der Waals surface area contributed by atoms with Crippen LogP contribution in [0, 0.1) is 0 Å². The lowest BCUT2D eigenvalue weighted by Crippen LogP contribution is -2.36. The number of hydrogen-bond donors (Lipinski definition) is 2. The van der Waals surface area contributed by atoms with Gasteiger partial charge in [0.2, 0.25) is 0 Å². The standard InChI is InChI=1S/C11H18N4O2S/c1-2-3-8-9(10(16)14-12)18-11(13-8)15-4-6-17-7-5-15/h2-7,12H2,1H3,(H,14,16). The molecule has 1 amide bonds. The van der Waals surface area contributed by atoms with Crippen LogP contribution in [0.1, 0.15) is 28.7 Å². The molecule has 6 nitrogen and oxygen atoms in total. The average Bonchev–Trinajstić information content (AvgIpc) is 2.83. The second-order valence-corrected chi connectivity index (χ2v) is 5.07. The van der Waals surface area contributed by atoms with Crippen molar-refractivity contribution in [3.8, 4) is 0 Å². The fourth-order valence-electron chi connectivity index (χ4n) is 1.88. The van der Waals surface area contributed by atoms with Crippen molar-refractivity contribution in [3.63, 3.8) is 0 Å². The summed E-state index contributed by atoms with van der Waals surface area (Å²) in [6, 6.07) is 0. The van der Waals surface area contributed by atoms with E-state index in [-0.39, 0.29) is 5.91 Å². The van der Waals surface area contributed by atoms with Crippen molar-refractivity contribution in [2.75, 3.05) is 31.2 Å². The first-order valence-electron chi connectivity index (χ1n) is 6.09. The number of hydrogen-bond acceptors (Lipinski definition) is 6. The first-order chi connectivity index (χ1) is 8.76. The van der Waals surface area contributed by atoms with Crippen LogP contribution in [0.2, 0.25) is 0 Å². The number of anilines is 1. The summed E-state index contributed by atoms with van der Waals surface area (Å²) in [4.78, 5) is 19.0. The van der Waals surface area contributed by atoms with E-state index in [0.29, 0.717) is 18.1 Å². The number of nitrogens with two attached hydrogens (primary N) is 1. The van der Waals surface area contributed by atoms with Gasteiger partial charge >= 0.3 is 0 Å². The fourth-order valence-corrected chi connectivity index (χ4v) is 2.95. The highest BCUT2D eigenvalue weighted by Crippen LogP contribution is 2.27. The molecule has 0 radical (unpaired) electrons. The number of morpholine rings is 1. The monoisotopic (exact) mass is 270 g/mol. The molecule has 0 atom stereocenters. The van der Waals surface area contributed by atoms with Gasteiger partial charge in [0.05, 0.1) is 18.9 Å². The van der Waals surface area contributed by atoms with Gasteiger partial charge in [0, 0.05) is 13.1 Å². The summed E-state index contributed by atoms with van der Waals surface area (Å²) in [6.07, 6.45) is 1.75. The normalized spacial score (nSPS) is 15.8. The van der Waals surface area contributed by atoms with E-state index in [1.807, 2.05) is 0 Å². The lowest BCUT2D eigenvalue weighted by Gasteiger charge is -2.26. The second kappa shape index (κ2) is 6.12. The number of nitrogens with zero attached hydrogens (tertiary/aromatic N) is 2. The number of hydrazine groups is 1. The third-order valence-corrected chi connectivity index (χ3v) is 3.95. The van der Waals surface area contributed by atoms with Gasteiger partial charge in [0.25, 0.3) is 5.91 Å². The zero-order chi connectivity index (χ0) is 13.0. The Balaban J connectivity index is 2.23. The maximum absolute atomic E-state index is 11.7. The van der Waals surface area contributed by atoms with Gasteiger partial charge in [-0.1, -0.05) is 24.7 Å². The molecule has 2 rings (SSSR count). The molecule has 0 bridgehead atoms. The summed E-state index contributed by atoms with van der Waals surface area (Å²) < 4.78 is 5.31. The summed E-state index contributed by atoms with van der Waals surface area (Å²) in [5, 5.41) is 0.889. The molecule has 100 valence electrons. The number of thiazole rings is 1. The van der Waals surface area contributed by atoms with Crippen molar-refractivity contribution in [1.29, 1.82) is 0 Å². The summed E-state index contributed by atoms with van der Waals surface area (Å²) in [5.41, 5.74) is 3.02. The van der Waals surface area contributed by atoms with Crippen LogP contribution in [-0.4, -0.2) is 37.2 Å². The van der Waals surface area contributed by atoms with Gasteiger partial charge < -0.3 is 9.64 Å². The quantitative estimate of drug-likeness (QED) is 0.474. The van der Waals surface area contributed by atoms with E-state index in [1.165, 1.54) is 11.3 Å². The van der Waals surface area contributed by atoms with E-state index in [9.17, 15) is 4.79 Å². The van der Waals surface area contributed by atoms with E-state index in [4.69, 9.17) is 10.6 Å². The Bertz CT molecular complexity index is 415. The molecule has 7 heteroatoms. The van der Waals surface area contributed by atoms with Gasteiger partial charge in [0.15, 0.2) is 5.13 Å². The molecule has 1 aromatic heterocycles. The number of aromatic nitrogens is 1. The van der Waals surface area contributed by atoms with Gasteiger partial charge in [-0.2, -0.15) is 0 Å². The third-order valence-electron chi connectivity index (χ3n) is 2.79. The van der Waals surface area contributed by atoms with Crippen LogP contribution in [0.3, 0.4) is 0 Å². The van der Waals surface area contributed by atoms with Crippen LogP contribution < -0.4 is 16.2 Å². The van der Waals surface area contributed by atoms with Crippen LogP contribution >= 0.6 is 11.3 Å². The Morgan fingerprint density at radius 1 is 1.56 bits per heavy atom. The highest BCUT2D eigenvalue weighted by Gasteiger charge is 2.21. The van der Waals surface area contributed by atoms with E-state index in [2.05, 4.69) is 22.2 Å². The van der Waals surface area contributed by atoms with Crippen LogP contribution in [0.15, 0.2) is 0 Å². The molecule has 1 saturated heterocycles. The van der Waals surface area contributed by atoms with Gasteiger partial charge in [-0.05, 0) is 6.42 Å². The third kappa shape index (κ3) is 2.80. The van der Waals surface area contributed by atoms with Crippen molar-refractivity contribution in [3.05, 3.63) is 10.6 Å². The maximum atomic E-state index is 11.7. The summed E-state index contributed by atoms with van der Waals surface area (Å²) >= 11 is 1.41. The molecule has 1 fully saturated rings. The van der Waals surface area contributed by atoms with Gasteiger partial charge in [0.1, 0.15) is 4.88 Å². The zero-order valence-electron chi connectivity index (χ0n) is 10.4. The number of amides is 1. The number of carbonyl (C=O) groups is 1. The Kier molecular flexibility index (Phi) is 4.51. The van der Waals surface area contributed by atoms with Crippen LogP contribution in [0.4, 0.5) is 5.13 Å². The molecular weight excluding hydrogens is 252 g/mol. The minimum absolute atomic E-state index is 0.254. The Hall–Kier alpha value is -1.18. The summed E-state index contributed by atoms with van der Waals surface area (Å²) in [6.45, 7) is 5.13. The average molecular weight is 270 g/mol. The van der Waals surface area contributed by atoms with Gasteiger partial charge in [-0.15, -0.1) is 0 Å². The SMILES string of the molecule is CCCc1nc(N2CCOCC2)sc1C(=O)NN.